The van der Waals surface area contributed by atoms with Crippen molar-refractivity contribution in [3.05, 3.63) is 66.7 Å². The molecular formula is C21H20N4O3. The van der Waals surface area contributed by atoms with Crippen LogP contribution >= 0.6 is 0 Å². The van der Waals surface area contributed by atoms with Crippen LogP contribution < -0.4 is 10.1 Å². The van der Waals surface area contributed by atoms with Crippen molar-refractivity contribution in [2.24, 2.45) is 0 Å². The second kappa shape index (κ2) is 7.56. The lowest BCUT2D eigenvalue weighted by Gasteiger charge is -2.13. The summed E-state index contributed by atoms with van der Waals surface area (Å²) in [6.45, 7) is 2.10. The smallest absolute Gasteiger partial charge is 0.243 e. The molecule has 2 heterocycles. The number of benzene rings is 2. The SMILES string of the molecule is COc1cccc(-c2cc(CNC(=O)C(C)n3cnc4ccccc43)on2)c1. The van der Waals surface area contributed by atoms with Crippen LogP contribution in [0.1, 0.15) is 18.7 Å². The maximum Gasteiger partial charge on any atom is 0.243 e. The van der Waals surface area contributed by atoms with Gasteiger partial charge in [-0.2, -0.15) is 0 Å². The fourth-order valence-electron chi connectivity index (χ4n) is 3.05. The molecule has 0 radical (unpaired) electrons. The van der Waals surface area contributed by atoms with Crippen molar-refractivity contribution in [2.75, 3.05) is 7.11 Å². The fourth-order valence-corrected chi connectivity index (χ4v) is 3.05. The highest BCUT2D eigenvalue weighted by Gasteiger charge is 2.17. The number of para-hydroxylation sites is 2. The van der Waals surface area contributed by atoms with Gasteiger partial charge < -0.3 is 19.1 Å². The highest BCUT2D eigenvalue weighted by atomic mass is 16.5. The van der Waals surface area contributed by atoms with E-state index in [1.54, 1.807) is 13.4 Å². The van der Waals surface area contributed by atoms with E-state index < -0.39 is 6.04 Å². The zero-order valence-electron chi connectivity index (χ0n) is 15.6. The summed E-state index contributed by atoms with van der Waals surface area (Å²) in [5, 5.41) is 6.97. The Labute approximate surface area is 161 Å². The van der Waals surface area contributed by atoms with Gasteiger partial charge in [0, 0.05) is 11.6 Å². The largest absolute Gasteiger partial charge is 0.497 e. The Hall–Kier alpha value is -3.61. The number of amides is 1. The molecule has 2 aromatic carbocycles. The number of aromatic nitrogens is 3. The summed E-state index contributed by atoms with van der Waals surface area (Å²) >= 11 is 0. The molecule has 142 valence electrons. The quantitative estimate of drug-likeness (QED) is 0.556. The topological polar surface area (TPSA) is 82.2 Å². The van der Waals surface area contributed by atoms with Crippen LogP contribution in [0.3, 0.4) is 0 Å². The molecule has 7 nitrogen and oxygen atoms in total. The summed E-state index contributed by atoms with van der Waals surface area (Å²) in [7, 11) is 1.62. The van der Waals surface area contributed by atoms with E-state index in [9.17, 15) is 4.79 Å². The van der Waals surface area contributed by atoms with E-state index in [0.29, 0.717) is 11.5 Å². The van der Waals surface area contributed by atoms with E-state index in [1.807, 2.05) is 66.1 Å². The molecule has 0 spiro atoms. The average molecular weight is 376 g/mol. The predicted octanol–water partition coefficient (Wildman–Crippen LogP) is 3.58. The van der Waals surface area contributed by atoms with Crippen molar-refractivity contribution in [1.29, 1.82) is 0 Å². The van der Waals surface area contributed by atoms with Gasteiger partial charge in [0.05, 0.1) is 31.0 Å². The summed E-state index contributed by atoms with van der Waals surface area (Å²) in [5.74, 6) is 1.20. The molecule has 0 fully saturated rings. The van der Waals surface area contributed by atoms with E-state index in [1.165, 1.54) is 0 Å². The van der Waals surface area contributed by atoms with E-state index in [0.717, 1.165) is 22.3 Å². The van der Waals surface area contributed by atoms with E-state index in [4.69, 9.17) is 9.26 Å². The van der Waals surface area contributed by atoms with Crippen LogP contribution in [0.4, 0.5) is 0 Å². The van der Waals surface area contributed by atoms with Crippen LogP contribution in [0.15, 0.2) is 65.4 Å². The third-order valence-corrected chi connectivity index (χ3v) is 4.64. The monoisotopic (exact) mass is 376 g/mol. The zero-order valence-corrected chi connectivity index (χ0v) is 15.6. The normalized spacial score (nSPS) is 12.1. The highest BCUT2D eigenvalue weighted by Crippen LogP contribution is 2.23. The molecule has 7 heteroatoms. The van der Waals surface area contributed by atoms with Gasteiger partial charge in [0.15, 0.2) is 5.76 Å². The van der Waals surface area contributed by atoms with Crippen LogP contribution in [-0.4, -0.2) is 27.7 Å². The molecule has 1 N–H and O–H groups in total. The maximum atomic E-state index is 12.6. The molecule has 4 aromatic rings. The summed E-state index contributed by atoms with van der Waals surface area (Å²) in [6.07, 6.45) is 1.68. The molecule has 28 heavy (non-hydrogen) atoms. The molecule has 0 aliphatic heterocycles. The molecule has 0 saturated carbocycles. The average Bonchev–Trinajstić information content (AvgIpc) is 3.38. The summed E-state index contributed by atoms with van der Waals surface area (Å²) < 4.78 is 12.4. The first-order valence-corrected chi connectivity index (χ1v) is 8.95. The van der Waals surface area contributed by atoms with Gasteiger partial charge in [-0.25, -0.2) is 4.98 Å². The second-order valence-corrected chi connectivity index (χ2v) is 6.44. The van der Waals surface area contributed by atoms with Gasteiger partial charge in [-0.05, 0) is 31.2 Å². The van der Waals surface area contributed by atoms with Crippen LogP contribution in [-0.2, 0) is 11.3 Å². The lowest BCUT2D eigenvalue weighted by atomic mass is 10.1. The Morgan fingerprint density at radius 2 is 2.07 bits per heavy atom. The lowest BCUT2D eigenvalue weighted by Crippen LogP contribution is -2.30. The third-order valence-electron chi connectivity index (χ3n) is 4.64. The van der Waals surface area contributed by atoms with Crippen molar-refractivity contribution >= 4 is 16.9 Å². The molecule has 0 aliphatic rings. The van der Waals surface area contributed by atoms with Crippen LogP contribution in [0.2, 0.25) is 0 Å². The number of hydrogen-bond acceptors (Lipinski definition) is 5. The molecule has 1 unspecified atom stereocenters. The van der Waals surface area contributed by atoms with Crippen LogP contribution in [0, 0.1) is 0 Å². The first kappa shape index (κ1) is 17.8. The van der Waals surface area contributed by atoms with Gasteiger partial charge in [0.2, 0.25) is 5.91 Å². The van der Waals surface area contributed by atoms with Gasteiger partial charge in [-0.15, -0.1) is 0 Å². The molecular weight excluding hydrogens is 356 g/mol. The molecule has 1 amide bonds. The highest BCUT2D eigenvalue weighted by molar-refractivity contribution is 5.83. The molecule has 1 atom stereocenters. The number of nitrogens with one attached hydrogen (secondary N) is 1. The number of hydrogen-bond donors (Lipinski definition) is 1. The van der Waals surface area contributed by atoms with E-state index in [2.05, 4.69) is 15.5 Å². The van der Waals surface area contributed by atoms with Crippen molar-refractivity contribution in [3.63, 3.8) is 0 Å². The predicted molar refractivity (Wildman–Crippen MR) is 105 cm³/mol. The number of carbonyl (C=O) groups is 1. The zero-order chi connectivity index (χ0) is 19.5. The Kier molecular flexibility index (Phi) is 4.80. The molecule has 0 aliphatic carbocycles. The minimum atomic E-state index is -0.395. The fraction of sp³-hybridized carbons (Fsp3) is 0.190. The number of carbonyl (C=O) groups excluding carboxylic acids is 1. The van der Waals surface area contributed by atoms with Crippen molar-refractivity contribution in [3.8, 4) is 17.0 Å². The Morgan fingerprint density at radius 1 is 1.21 bits per heavy atom. The Morgan fingerprint density at radius 3 is 2.93 bits per heavy atom. The molecule has 0 bridgehead atoms. The second-order valence-electron chi connectivity index (χ2n) is 6.44. The number of ether oxygens (including phenoxy) is 1. The van der Waals surface area contributed by atoms with Gasteiger partial charge >= 0.3 is 0 Å². The molecule has 4 rings (SSSR count). The van der Waals surface area contributed by atoms with Gasteiger partial charge in [-0.3, -0.25) is 4.79 Å². The molecule has 2 aromatic heterocycles. The van der Waals surface area contributed by atoms with Gasteiger partial charge in [-0.1, -0.05) is 29.4 Å². The standard InChI is InChI=1S/C21H20N4O3/c1-14(25-13-23-18-8-3-4-9-20(18)25)21(26)22-12-17-11-19(24-28-17)15-6-5-7-16(10-15)27-2/h3-11,13-14H,12H2,1-2H3,(H,22,26). The maximum absolute atomic E-state index is 12.6. The number of imidazole rings is 1. The summed E-state index contributed by atoms with van der Waals surface area (Å²) in [6, 6.07) is 16.7. The number of fused-ring (bicyclic) bond motifs is 1. The minimum Gasteiger partial charge on any atom is -0.497 e. The summed E-state index contributed by atoms with van der Waals surface area (Å²) in [5.41, 5.74) is 3.36. The van der Waals surface area contributed by atoms with Crippen molar-refractivity contribution in [1.82, 2.24) is 20.0 Å². The number of rotatable bonds is 6. The van der Waals surface area contributed by atoms with Gasteiger partial charge in [0.25, 0.3) is 0 Å². The van der Waals surface area contributed by atoms with Gasteiger partial charge in [0.1, 0.15) is 17.5 Å². The van der Waals surface area contributed by atoms with E-state index >= 15 is 0 Å². The first-order chi connectivity index (χ1) is 13.7. The van der Waals surface area contributed by atoms with Crippen molar-refractivity contribution in [2.45, 2.75) is 19.5 Å². The first-order valence-electron chi connectivity index (χ1n) is 8.95. The Bertz CT molecular complexity index is 1120. The number of nitrogens with zero attached hydrogens (tertiary/aromatic N) is 3. The number of methoxy groups -OCH3 is 1. The lowest BCUT2D eigenvalue weighted by molar-refractivity contribution is -0.124. The Balaban J connectivity index is 1.43. The third kappa shape index (κ3) is 3.46. The van der Waals surface area contributed by atoms with Crippen LogP contribution in [0.5, 0.6) is 5.75 Å². The van der Waals surface area contributed by atoms with E-state index in [-0.39, 0.29) is 12.5 Å². The molecule has 0 saturated heterocycles. The summed E-state index contributed by atoms with van der Waals surface area (Å²) in [4.78, 5) is 16.9. The minimum absolute atomic E-state index is 0.123. The van der Waals surface area contributed by atoms with Crippen LogP contribution in [0.25, 0.3) is 22.3 Å². The van der Waals surface area contributed by atoms with Crippen molar-refractivity contribution < 1.29 is 14.1 Å².